The fraction of sp³-hybridized carbons (Fsp3) is 0.0769. The van der Waals surface area contributed by atoms with Crippen LogP contribution >= 0.6 is 0 Å². The molecule has 0 saturated carbocycles. The molecule has 0 aliphatic heterocycles. The third-order valence-corrected chi connectivity index (χ3v) is 2.46. The van der Waals surface area contributed by atoms with E-state index < -0.39 is 10.7 Å². The zero-order valence-electron chi connectivity index (χ0n) is 9.88. The summed E-state index contributed by atoms with van der Waals surface area (Å²) in [5.74, 6) is -0.188. The molecule has 0 spiro atoms. The standard InChI is InChI=1S/C13H11FN2O3/c14-10-5-11(16(17)18)7-13(6-10)19-12-3-1-9(8-15)2-4-12/h1-7H,8,15H2. The Morgan fingerprint density at radius 1 is 1.16 bits per heavy atom. The lowest BCUT2D eigenvalue weighted by Crippen LogP contribution is -1.95. The van der Waals surface area contributed by atoms with E-state index in [-0.39, 0.29) is 11.4 Å². The van der Waals surface area contributed by atoms with Gasteiger partial charge in [-0.1, -0.05) is 12.1 Å². The number of halogens is 1. The molecule has 5 nitrogen and oxygen atoms in total. The van der Waals surface area contributed by atoms with Crippen molar-refractivity contribution in [3.8, 4) is 11.5 Å². The van der Waals surface area contributed by atoms with Crippen molar-refractivity contribution in [1.82, 2.24) is 0 Å². The first-order valence-electron chi connectivity index (χ1n) is 5.50. The molecule has 0 atom stereocenters. The van der Waals surface area contributed by atoms with Crippen LogP contribution in [0.4, 0.5) is 10.1 Å². The van der Waals surface area contributed by atoms with Gasteiger partial charge in [-0.2, -0.15) is 0 Å². The molecule has 0 saturated heterocycles. The number of benzene rings is 2. The summed E-state index contributed by atoms with van der Waals surface area (Å²) in [6.45, 7) is 0.408. The number of nitrogens with zero attached hydrogens (tertiary/aromatic N) is 1. The van der Waals surface area contributed by atoms with Crippen LogP contribution in [0.1, 0.15) is 5.56 Å². The van der Waals surface area contributed by atoms with Gasteiger partial charge in [0, 0.05) is 12.6 Å². The summed E-state index contributed by atoms with van der Waals surface area (Å²) in [7, 11) is 0. The van der Waals surface area contributed by atoms with Crippen LogP contribution in [0.2, 0.25) is 0 Å². The monoisotopic (exact) mass is 262 g/mol. The number of nitrogens with two attached hydrogens (primary N) is 1. The zero-order valence-corrected chi connectivity index (χ0v) is 9.88. The van der Waals surface area contributed by atoms with Gasteiger partial charge < -0.3 is 10.5 Å². The largest absolute Gasteiger partial charge is 0.457 e. The highest BCUT2D eigenvalue weighted by Crippen LogP contribution is 2.26. The Morgan fingerprint density at radius 2 is 1.84 bits per heavy atom. The molecular weight excluding hydrogens is 251 g/mol. The van der Waals surface area contributed by atoms with E-state index >= 15 is 0 Å². The summed E-state index contributed by atoms with van der Waals surface area (Å²) in [4.78, 5) is 9.94. The van der Waals surface area contributed by atoms with Crippen LogP contribution in [0.5, 0.6) is 11.5 Å². The molecule has 0 aliphatic rings. The minimum atomic E-state index is -0.720. The normalized spacial score (nSPS) is 10.2. The second kappa shape index (κ2) is 5.45. The van der Waals surface area contributed by atoms with Gasteiger partial charge >= 0.3 is 0 Å². The van der Waals surface area contributed by atoms with Crippen molar-refractivity contribution in [3.05, 3.63) is 64.0 Å². The molecule has 2 aromatic carbocycles. The molecule has 2 rings (SSSR count). The lowest BCUT2D eigenvalue weighted by atomic mass is 10.2. The van der Waals surface area contributed by atoms with Crippen LogP contribution < -0.4 is 10.5 Å². The van der Waals surface area contributed by atoms with Crippen molar-refractivity contribution in [3.63, 3.8) is 0 Å². The van der Waals surface area contributed by atoms with Crippen LogP contribution in [-0.2, 0) is 6.54 Å². The molecule has 0 radical (unpaired) electrons. The van der Waals surface area contributed by atoms with Gasteiger partial charge in [0.15, 0.2) is 0 Å². The van der Waals surface area contributed by atoms with Gasteiger partial charge in [0.2, 0.25) is 0 Å². The van der Waals surface area contributed by atoms with Crippen molar-refractivity contribution in [1.29, 1.82) is 0 Å². The lowest BCUT2D eigenvalue weighted by Gasteiger charge is -2.06. The minimum absolute atomic E-state index is 0.0761. The molecule has 2 N–H and O–H groups in total. The molecule has 0 unspecified atom stereocenters. The van der Waals surface area contributed by atoms with Gasteiger partial charge in [-0.15, -0.1) is 0 Å². The molecule has 0 amide bonds. The van der Waals surface area contributed by atoms with Crippen molar-refractivity contribution in [2.75, 3.05) is 0 Å². The van der Waals surface area contributed by atoms with Crippen molar-refractivity contribution in [2.45, 2.75) is 6.54 Å². The summed E-state index contributed by atoms with van der Waals surface area (Å²) >= 11 is 0. The van der Waals surface area contributed by atoms with Gasteiger partial charge in [0.05, 0.1) is 17.1 Å². The van der Waals surface area contributed by atoms with Crippen molar-refractivity contribution >= 4 is 5.69 Å². The molecular formula is C13H11FN2O3. The average molecular weight is 262 g/mol. The van der Waals surface area contributed by atoms with Gasteiger partial charge in [-0.3, -0.25) is 10.1 Å². The number of ether oxygens (including phenoxy) is 1. The van der Waals surface area contributed by atoms with Crippen molar-refractivity contribution in [2.24, 2.45) is 5.73 Å². The van der Waals surface area contributed by atoms with Crippen LogP contribution in [0.3, 0.4) is 0 Å². The quantitative estimate of drug-likeness (QED) is 0.678. The third kappa shape index (κ3) is 3.26. The van der Waals surface area contributed by atoms with Crippen LogP contribution in [0.15, 0.2) is 42.5 Å². The molecule has 2 aromatic rings. The van der Waals surface area contributed by atoms with E-state index in [0.29, 0.717) is 12.3 Å². The topological polar surface area (TPSA) is 78.4 Å². The first-order valence-corrected chi connectivity index (χ1v) is 5.50. The number of hydrogen-bond acceptors (Lipinski definition) is 4. The summed E-state index contributed by atoms with van der Waals surface area (Å²) in [5.41, 5.74) is 6.04. The highest BCUT2D eigenvalue weighted by molar-refractivity contribution is 5.41. The molecule has 0 aliphatic carbocycles. The number of hydrogen-bond donors (Lipinski definition) is 1. The van der Waals surface area contributed by atoms with E-state index in [1.807, 2.05) is 0 Å². The fourth-order valence-corrected chi connectivity index (χ4v) is 1.54. The molecule has 6 heteroatoms. The molecule has 98 valence electrons. The molecule has 0 fully saturated rings. The van der Waals surface area contributed by atoms with Crippen molar-refractivity contribution < 1.29 is 14.1 Å². The van der Waals surface area contributed by atoms with E-state index in [2.05, 4.69) is 0 Å². The third-order valence-electron chi connectivity index (χ3n) is 2.46. The zero-order chi connectivity index (χ0) is 13.8. The Morgan fingerprint density at radius 3 is 2.42 bits per heavy atom. The maximum absolute atomic E-state index is 13.2. The van der Waals surface area contributed by atoms with E-state index in [0.717, 1.165) is 17.7 Å². The molecule has 0 bridgehead atoms. The first kappa shape index (κ1) is 13.0. The summed E-state index contributed by atoms with van der Waals surface area (Å²) in [5, 5.41) is 10.6. The second-order valence-corrected chi connectivity index (χ2v) is 3.85. The number of nitro benzene ring substituents is 1. The van der Waals surface area contributed by atoms with Gasteiger partial charge in [0.1, 0.15) is 17.3 Å². The first-order chi connectivity index (χ1) is 9.08. The van der Waals surface area contributed by atoms with E-state index in [4.69, 9.17) is 10.5 Å². The Labute approximate surface area is 108 Å². The summed E-state index contributed by atoms with van der Waals surface area (Å²) in [6.07, 6.45) is 0. The van der Waals surface area contributed by atoms with Gasteiger partial charge in [0.25, 0.3) is 5.69 Å². The maximum Gasteiger partial charge on any atom is 0.276 e. The van der Waals surface area contributed by atoms with E-state index in [1.165, 1.54) is 6.07 Å². The van der Waals surface area contributed by atoms with E-state index in [1.54, 1.807) is 24.3 Å². The Kier molecular flexibility index (Phi) is 3.72. The summed E-state index contributed by atoms with van der Waals surface area (Å²) in [6, 6.07) is 9.96. The fourth-order valence-electron chi connectivity index (χ4n) is 1.54. The Balaban J connectivity index is 2.24. The predicted molar refractivity (Wildman–Crippen MR) is 67.5 cm³/mol. The number of rotatable bonds is 4. The number of non-ortho nitro benzene ring substituents is 1. The SMILES string of the molecule is NCc1ccc(Oc2cc(F)cc([N+](=O)[O-])c2)cc1. The molecule has 0 heterocycles. The van der Waals surface area contributed by atoms with Gasteiger partial charge in [-0.05, 0) is 17.7 Å². The number of nitro groups is 1. The predicted octanol–water partition coefficient (Wildman–Crippen LogP) is 2.98. The maximum atomic E-state index is 13.2. The second-order valence-electron chi connectivity index (χ2n) is 3.85. The smallest absolute Gasteiger partial charge is 0.276 e. The van der Waals surface area contributed by atoms with Crippen LogP contribution in [0.25, 0.3) is 0 Å². The van der Waals surface area contributed by atoms with E-state index in [9.17, 15) is 14.5 Å². The average Bonchev–Trinajstić information content (AvgIpc) is 2.39. The Bertz CT molecular complexity index is 599. The van der Waals surface area contributed by atoms with Gasteiger partial charge in [-0.25, -0.2) is 4.39 Å². The Hall–Kier alpha value is -2.47. The van der Waals surface area contributed by atoms with Crippen LogP contribution in [0, 0.1) is 15.9 Å². The summed E-state index contributed by atoms with van der Waals surface area (Å²) < 4.78 is 18.6. The highest BCUT2D eigenvalue weighted by atomic mass is 19.1. The lowest BCUT2D eigenvalue weighted by molar-refractivity contribution is -0.385. The highest BCUT2D eigenvalue weighted by Gasteiger charge is 2.11. The molecule has 19 heavy (non-hydrogen) atoms. The van der Waals surface area contributed by atoms with Crippen LogP contribution in [-0.4, -0.2) is 4.92 Å². The molecule has 0 aromatic heterocycles. The minimum Gasteiger partial charge on any atom is -0.457 e.